The van der Waals surface area contributed by atoms with Gasteiger partial charge < -0.3 is 24.5 Å². The summed E-state index contributed by atoms with van der Waals surface area (Å²) in [4.78, 5) is 42.0. The third-order valence-electron chi connectivity index (χ3n) is 5.11. The van der Waals surface area contributed by atoms with Crippen LogP contribution in [-0.2, 0) is 0 Å². The zero-order valence-corrected chi connectivity index (χ0v) is 16.9. The van der Waals surface area contributed by atoms with Crippen LogP contribution in [-0.4, -0.2) is 56.4 Å². The van der Waals surface area contributed by atoms with Crippen LogP contribution in [0.5, 0.6) is 5.75 Å². The molecule has 4 rings (SSSR count). The van der Waals surface area contributed by atoms with E-state index in [4.69, 9.17) is 4.74 Å². The van der Waals surface area contributed by atoms with Gasteiger partial charge in [0.05, 0.1) is 11.8 Å². The minimum absolute atomic E-state index is 0.132. The molecule has 9 nitrogen and oxygen atoms in total. The van der Waals surface area contributed by atoms with Gasteiger partial charge in [0.2, 0.25) is 0 Å². The predicted octanol–water partition coefficient (Wildman–Crippen LogP) is 2.74. The molecule has 0 aliphatic carbocycles. The zero-order chi connectivity index (χ0) is 22.0. The van der Waals surface area contributed by atoms with Crippen molar-refractivity contribution < 1.29 is 24.2 Å². The van der Waals surface area contributed by atoms with Crippen LogP contribution in [0.15, 0.2) is 48.8 Å². The fourth-order valence-electron chi connectivity index (χ4n) is 3.33. The lowest BCUT2D eigenvalue weighted by Crippen LogP contribution is -2.41. The second-order valence-corrected chi connectivity index (χ2v) is 7.43. The van der Waals surface area contributed by atoms with Crippen molar-refractivity contribution in [2.24, 2.45) is 0 Å². The number of hydrogen-bond acceptors (Lipinski definition) is 6. The van der Waals surface area contributed by atoms with Crippen LogP contribution < -0.4 is 10.1 Å². The van der Waals surface area contributed by atoms with Gasteiger partial charge >= 0.3 is 6.09 Å². The number of Topliss-reactive ketones (excluding diaryl/α,β-unsaturated/α-hetero) is 1. The molecule has 2 aromatic heterocycles. The number of likely N-dealkylation sites (tertiary alicyclic amines) is 1. The van der Waals surface area contributed by atoms with Crippen LogP contribution in [0, 0.1) is 0 Å². The van der Waals surface area contributed by atoms with Crippen LogP contribution in [0.1, 0.15) is 40.6 Å². The van der Waals surface area contributed by atoms with E-state index in [1.807, 2.05) is 0 Å². The fourth-order valence-corrected chi connectivity index (χ4v) is 3.33. The first-order valence-corrected chi connectivity index (χ1v) is 9.95. The Bertz CT molecular complexity index is 1130. The van der Waals surface area contributed by atoms with E-state index in [1.165, 1.54) is 6.92 Å². The highest BCUT2D eigenvalue weighted by Gasteiger charge is 2.22. The van der Waals surface area contributed by atoms with Crippen molar-refractivity contribution in [3.8, 4) is 5.75 Å². The van der Waals surface area contributed by atoms with E-state index >= 15 is 0 Å². The Morgan fingerprint density at radius 2 is 1.77 bits per heavy atom. The summed E-state index contributed by atoms with van der Waals surface area (Å²) in [7, 11) is 0. The number of ether oxygens (including phenoxy) is 1. The highest BCUT2D eigenvalue weighted by atomic mass is 16.6. The van der Waals surface area contributed by atoms with Gasteiger partial charge in [-0.2, -0.15) is 0 Å². The minimum Gasteiger partial charge on any atom is -0.410 e. The number of carbonyl (C=O) groups is 3. The molecule has 1 fully saturated rings. The normalized spacial score (nSPS) is 14.5. The molecule has 1 saturated heterocycles. The molecule has 3 aromatic rings. The zero-order valence-electron chi connectivity index (χ0n) is 16.9. The molecule has 160 valence electrons. The number of rotatable bonds is 4. The average Bonchev–Trinajstić information content (AvgIpc) is 3.18. The van der Waals surface area contributed by atoms with Gasteiger partial charge in [0.25, 0.3) is 5.91 Å². The Balaban J connectivity index is 1.38. The molecule has 1 aliphatic rings. The summed E-state index contributed by atoms with van der Waals surface area (Å²) < 4.78 is 7.02. The molecule has 0 bridgehead atoms. The number of nitrogens with one attached hydrogen (secondary N) is 1. The molecule has 1 aliphatic heterocycles. The maximum atomic E-state index is 12.5. The number of nitrogens with zero attached hydrogens (tertiary/aromatic N) is 3. The first kappa shape index (κ1) is 20.5. The summed E-state index contributed by atoms with van der Waals surface area (Å²) in [6.07, 6.45) is 3.53. The molecule has 0 saturated carbocycles. The SMILES string of the molecule is CC(=O)c1cn2cc(NC(=O)c3ccc(OC(=O)N4CCC(O)CC4)cc3)ccc2n1. The van der Waals surface area contributed by atoms with Crippen LogP contribution in [0.4, 0.5) is 10.5 Å². The maximum Gasteiger partial charge on any atom is 0.415 e. The van der Waals surface area contributed by atoms with E-state index in [-0.39, 0.29) is 17.8 Å². The van der Waals surface area contributed by atoms with E-state index < -0.39 is 6.09 Å². The summed E-state index contributed by atoms with van der Waals surface area (Å²) >= 11 is 0. The summed E-state index contributed by atoms with van der Waals surface area (Å²) in [6, 6.07) is 9.68. The highest BCUT2D eigenvalue weighted by Crippen LogP contribution is 2.18. The van der Waals surface area contributed by atoms with E-state index in [0.717, 1.165) is 0 Å². The Labute approximate surface area is 178 Å². The number of ketones is 1. The summed E-state index contributed by atoms with van der Waals surface area (Å²) in [5.74, 6) is -0.119. The lowest BCUT2D eigenvalue weighted by molar-refractivity contribution is 0.0797. The lowest BCUT2D eigenvalue weighted by Gasteiger charge is -2.28. The molecule has 1 aromatic carbocycles. The second-order valence-electron chi connectivity index (χ2n) is 7.43. The van der Waals surface area contributed by atoms with Crippen molar-refractivity contribution >= 4 is 29.1 Å². The predicted molar refractivity (Wildman–Crippen MR) is 112 cm³/mol. The van der Waals surface area contributed by atoms with Crippen LogP contribution in [0.2, 0.25) is 0 Å². The molecular weight excluding hydrogens is 400 g/mol. The first-order valence-electron chi connectivity index (χ1n) is 9.95. The number of aliphatic hydroxyl groups is 1. The van der Waals surface area contributed by atoms with Gasteiger partial charge in [-0.05, 0) is 49.2 Å². The van der Waals surface area contributed by atoms with Gasteiger partial charge in [0.1, 0.15) is 17.1 Å². The van der Waals surface area contributed by atoms with Crippen LogP contribution in [0.25, 0.3) is 5.65 Å². The van der Waals surface area contributed by atoms with Crippen LogP contribution >= 0.6 is 0 Å². The highest BCUT2D eigenvalue weighted by molar-refractivity contribution is 6.04. The lowest BCUT2D eigenvalue weighted by atomic mass is 10.1. The quantitative estimate of drug-likeness (QED) is 0.625. The van der Waals surface area contributed by atoms with Crippen molar-refractivity contribution in [2.45, 2.75) is 25.9 Å². The number of hydrogen-bond donors (Lipinski definition) is 2. The van der Waals surface area contributed by atoms with Gasteiger partial charge in [-0.25, -0.2) is 9.78 Å². The Hall–Kier alpha value is -3.72. The number of aromatic nitrogens is 2. The van der Waals surface area contributed by atoms with Gasteiger partial charge in [0, 0.05) is 38.0 Å². The number of aliphatic hydroxyl groups excluding tert-OH is 1. The van der Waals surface area contributed by atoms with E-state index in [2.05, 4.69) is 10.3 Å². The molecular formula is C22H22N4O5. The smallest absolute Gasteiger partial charge is 0.410 e. The molecule has 0 spiro atoms. The second kappa shape index (κ2) is 8.57. The van der Waals surface area contributed by atoms with Crippen molar-refractivity contribution in [1.82, 2.24) is 14.3 Å². The largest absolute Gasteiger partial charge is 0.415 e. The number of pyridine rings is 1. The van der Waals surface area contributed by atoms with Gasteiger partial charge in [-0.3, -0.25) is 9.59 Å². The molecule has 31 heavy (non-hydrogen) atoms. The average molecular weight is 422 g/mol. The number of fused-ring (bicyclic) bond motifs is 1. The van der Waals surface area contributed by atoms with Crippen molar-refractivity contribution in [3.05, 3.63) is 60.0 Å². The van der Waals surface area contributed by atoms with Crippen molar-refractivity contribution in [1.29, 1.82) is 0 Å². The summed E-state index contributed by atoms with van der Waals surface area (Å²) in [6.45, 7) is 2.35. The van der Waals surface area contributed by atoms with Crippen LogP contribution in [0.3, 0.4) is 0 Å². The topological polar surface area (TPSA) is 113 Å². The van der Waals surface area contributed by atoms with E-state index in [0.29, 0.717) is 54.3 Å². The van der Waals surface area contributed by atoms with E-state index in [9.17, 15) is 19.5 Å². The fraction of sp³-hybridized carbons (Fsp3) is 0.273. The van der Waals surface area contributed by atoms with E-state index in [1.54, 1.807) is 58.1 Å². The molecule has 0 atom stereocenters. The molecule has 2 amide bonds. The number of imidazole rings is 1. The van der Waals surface area contributed by atoms with Crippen molar-refractivity contribution in [2.75, 3.05) is 18.4 Å². The number of benzene rings is 1. The Kier molecular flexibility index (Phi) is 5.68. The first-order chi connectivity index (χ1) is 14.9. The number of anilines is 1. The minimum atomic E-state index is -0.470. The summed E-state index contributed by atoms with van der Waals surface area (Å²) in [5.41, 5.74) is 1.91. The standard InChI is InChI=1S/C22H22N4O5/c1-14(27)19-13-26-12-16(4-7-20(26)24-19)23-21(29)15-2-5-18(6-3-15)31-22(30)25-10-8-17(28)9-11-25/h2-7,12-13,17,28H,8-11H2,1H3,(H,23,29). The third kappa shape index (κ3) is 4.72. The molecule has 0 radical (unpaired) electrons. The number of amides is 2. The number of carbonyl (C=O) groups excluding carboxylic acids is 3. The molecule has 3 heterocycles. The third-order valence-corrected chi connectivity index (χ3v) is 5.11. The summed E-state index contributed by atoms with van der Waals surface area (Å²) in [5, 5.41) is 12.3. The van der Waals surface area contributed by atoms with Gasteiger partial charge in [-0.15, -0.1) is 0 Å². The molecule has 9 heteroatoms. The monoisotopic (exact) mass is 422 g/mol. The Morgan fingerprint density at radius 3 is 2.45 bits per heavy atom. The van der Waals surface area contributed by atoms with Gasteiger partial charge in [0.15, 0.2) is 5.78 Å². The van der Waals surface area contributed by atoms with Gasteiger partial charge in [-0.1, -0.05) is 0 Å². The molecule has 2 N–H and O–H groups in total. The molecule has 0 unspecified atom stereocenters. The number of piperidine rings is 1. The van der Waals surface area contributed by atoms with Crippen molar-refractivity contribution in [3.63, 3.8) is 0 Å². The maximum absolute atomic E-state index is 12.5. The Morgan fingerprint density at radius 1 is 1.06 bits per heavy atom.